The van der Waals surface area contributed by atoms with Gasteiger partial charge in [-0.1, -0.05) is 0 Å². The highest BCUT2D eigenvalue weighted by Gasteiger charge is 2.13. The number of hydrogen-bond donors (Lipinski definition) is 4. The largest absolute Gasteiger partial charge is 0.759 e. The number of rotatable bonds is 0. The molecule has 0 unspecified atom stereocenters. The van der Waals surface area contributed by atoms with E-state index >= 15 is 0 Å². The van der Waals surface area contributed by atoms with Crippen LogP contribution in [0, 0.1) is 0 Å². The van der Waals surface area contributed by atoms with Gasteiger partial charge in [-0.15, -0.1) is 0 Å². The molecule has 0 aliphatic carbocycles. The molecule has 0 bridgehead atoms. The Balaban J connectivity index is 0.000000155. The van der Waals surface area contributed by atoms with Crippen LogP contribution in [0.15, 0.2) is 84.9 Å². The molecule has 6 aromatic rings. The van der Waals surface area contributed by atoms with Crippen molar-refractivity contribution in [1.29, 1.82) is 0 Å². The molecule has 0 fully saturated rings. The van der Waals surface area contributed by atoms with Crippen molar-refractivity contribution in [1.82, 2.24) is 0 Å². The number of fused-ring (bicyclic) bond motifs is 4. The standard InChI is InChI=1S/2C14H13N3.H2O4S/c2*1-17-13-7-11(15)4-2-9(13)6-10-3-5-12(16)8-14(10)17;1-5(2,3)4/h2*2-8H,1H3,(H3,15,16);(H2,1,2,3,4). The van der Waals surface area contributed by atoms with Gasteiger partial charge in [-0.25, -0.2) is 0 Å². The molecule has 10 nitrogen and oxygen atoms in total. The Labute approximate surface area is 225 Å². The summed E-state index contributed by atoms with van der Waals surface area (Å²) in [5, 5.41) is 4.72. The second kappa shape index (κ2) is 10.6. The topological polar surface area (TPSA) is 192 Å². The van der Waals surface area contributed by atoms with E-state index in [4.69, 9.17) is 40.5 Å². The van der Waals surface area contributed by atoms with Gasteiger partial charge in [0.1, 0.15) is 14.1 Å². The van der Waals surface area contributed by atoms with Crippen molar-refractivity contribution in [2.24, 2.45) is 14.1 Å². The summed E-state index contributed by atoms with van der Waals surface area (Å²) >= 11 is 0. The molecule has 4 aromatic carbocycles. The molecule has 2 heterocycles. The van der Waals surface area contributed by atoms with Crippen LogP contribution in [0.25, 0.3) is 43.6 Å². The van der Waals surface area contributed by atoms with Gasteiger partial charge in [-0.05, 0) is 60.7 Å². The molecule has 0 radical (unpaired) electrons. The van der Waals surface area contributed by atoms with Gasteiger partial charge < -0.3 is 32.0 Å². The van der Waals surface area contributed by atoms with Crippen LogP contribution in [0.5, 0.6) is 0 Å². The van der Waals surface area contributed by atoms with Crippen LogP contribution in [0.3, 0.4) is 0 Å². The van der Waals surface area contributed by atoms with Crippen LogP contribution < -0.4 is 32.1 Å². The minimum atomic E-state index is -5.17. The summed E-state index contributed by atoms with van der Waals surface area (Å²) in [6.45, 7) is 0. The Kier molecular flexibility index (Phi) is 7.41. The van der Waals surface area contributed by atoms with Gasteiger partial charge in [0.05, 0.1) is 0 Å². The number of aryl methyl sites for hydroxylation is 2. The van der Waals surface area contributed by atoms with Crippen molar-refractivity contribution in [2.75, 3.05) is 22.9 Å². The molecule has 6 rings (SSSR count). The number of anilines is 4. The number of nitrogens with zero attached hydrogens (tertiary/aromatic N) is 2. The lowest BCUT2D eigenvalue weighted by molar-refractivity contribution is -0.617. The van der Waals surface area contributed by atoms with Crippen LogP contribution in [-0.2, 0) is 24.5 Å². The van der Waals surface area contributed by atoms with Gasteiger partial charge in [0, 0.05) is 79.0 Å². The van der Waals surface area contributed by atoms with Crippen LogP contribution in [-0.4, -0.2) is 17.5 Å². The number of benzene rings is 4. The molecule has 8 N–H and O–H groups in total. The fourth-order valence-corrected chi connectivity index (χ4v) is 4.49. The fraction of sp³-hybridized carbons (Fsp3) is 0.0714. The molecule has 0 saturated heterocycles. The first-order chi connectivity index (χ1) is 18.3. The van der Waals surface area contributed by atoms with E-state index in [1.165, 1.54) is 21.5 Å². The Morgan fingerprint density at radius 3 is 0.897 bits per heavy atom. The van der Waals surface area contributed by atoms with E-state index in [2.05, 4.69) is 21.3 Å². The molecule has 0 atom stereocenters. The zero-order chi connectivity index (χ0) is 28.5. The van der Waals surface area contributed by atoms with Crippen LogP contribution >= 0.6 is 0 Å². The summed E-state index contributed by atoms with van der Waals surface area (Å²) < 4.78 is 38.3. The zero-order valence-electron chi connectivity index (χ0n) is 21.3. The lowest BCUT2D eigenvalue weighted by atomic mass is 10.1. The molecule has 0 aliphatic heterocycles. The lowest BCUT2D eigenvalue weighted by Crippen LogP contribution is -2.30. The van der Waals surface area contributed by atoms with Crippen molar-refractivity contribution in [3.8, 4) is 0 Å². The van der Waals surface area contributed by atoms with E-state index in [9.17, 15) is 0 Å². The normalized spacial score (nSPS) is 11.2. The van der Waals surface area contributed by atoms with Gasteiger partial charge in [0.2, 0.25) is 22.1 Å². The third-order valence-corrected chi connectivity index (χ3v) is 6.29. The van der Waals surface area contributed by atoms with Crippen molar-refractivity contribution >= 4 is 76.8 Å². The Morgan fingerprint density at radius 1 is 0.487 bits per heavy atom. The highest BCUT2D eigenvalue weighted by molar-refractivity contribution is 7.79. The Hall–Kier alpha value is -4.71. The molecular weight excluding hydrogens is 516 g/mol. The van der Waals surface area contributed by atoms with E-state index in [1.807, 2.05) is 86.9 Å². The number of nitrogen functional groups attached to an aromatic ring is 4. The van der Waals surface area contributed by atoms with Crippen molar-refractivity contribution < 1.29 is 26.7 Å². The first-order valence-electron chi connectivity index (χ1n) is 11.7. The Bertz CT molecular complexity index is 1720. The predicted molar refractivity (Wildman–Crippen MR) is 153 cm³/mol. The maximum Gasteiger partial charge on any atom is 0.214 e. The first-order valence-corrected chi connectivity index (χ1v) is 13.1. The van der Waals surface area contributed by atoms with E-state index in [-0.39, 0.29) is 0 Å². The summed E-state index contributed by atoms with van der Waals surface area (Å²) in [5.74, 6) is 0. The molecule has 200 valence electrons. The van der Waals surface area contributed by atoms with Crippen molar-refractivity contribution in [2.45, 2.75) is 0 Å². The molecule has 39 heavy (non-hydrogen) atoms. The highest BCUT2D eigenvalue weighted by Crippen LogP contribution is 2.22. The van der Waals surface area contributed by atoms with Crippen LogP contribution in [0.4, 0.5) is 22.7 Å². The summed E-state index contributed by atoms with van der Waals surface area (Å²) in [6, 6.07) is 28.1. The van der Waals surface area contributed by atoms with Crippen LogP contribution in [0.1, 0.15) is 0 Å². The average molecular weight is 545 g/mol. The third kappa shape index (κ3) is 6.41. The maximum absolute atomic E-state index is 8.52. The maximum atomic E-state index is 8.52. The highest BCUT2D eigenvalue weighted by atomic mass is 32.3. The first kappa shape index (κ1) is 27.3. The van der Waals surface area contributed by atoms with Gasteiger partial charge in [0.25, 0.3) is 0 Å². The summed E-state index contributed by atoms with van der Waals surface area (Å²) in [7, 11) is -1.10. The molecular formula is C28H28N6O4S. The third-order valence-electron chi connectivity index (χ3n) is 6.29. The summed E-state index contributed by atoms with van der Waals surface area (Å²) in [5.41, 5.74) is 30.9. The second-order valence-corrected chi connectivity index (χ2v) is 9.90. The minimum absolute atomic E-state index is 0.774. The number of pyridine rings is 2. The number of aromatic nitrogens is 2. The van der Waals surface area contributed by atoms with E-state index < -0.39 is 10.4 Å². The molecule has 0 saturated carbocycles. The Morgan fingerprint density at radius 2 is 0.692 bits per heavy atom. The molecule has 2 aromatic heterocycles. The smallest absolute Gasteiger partial charge is 0.214 e. The number of nitrogens with two attached hydrogens (primary N) is 4. The predicted octanol–water partition coefficient (Wildman–Crippen LogP) is 2.63. The van der Waals surface area contributed by atoms with Gasteiger partial charge in [-0.3, -0.25) is 8.42 Å². The van der Waals surface area contributed by atoms with Crippen molar-refractivity contribution in [3.05, 3.63) is 84.9 Å². The van der Waals surface area contributed by atoms with E-state index in [1.54, 1.807) is 0 Å². The quantitative estimate of drug-likeness (QED) is 0.0737. The second-order valence-electron chi connectivity index (χ2n) is 9.09. The molecule has 0 spiro atoms. The molecule has 11 heteroatoms. The van der Waals surface area contributed by atoms with E-state index in [0.29, 0.717) is 0 Å². The lowest BCUT2D eigenvalue weighted by Gasteiger charge is -2.06. The average Bonchev–Trinajstić information content (AvgIpc) is 2.86. The van der Waals surface area contributed by atoms with Crippen molar-refractivity contribution in [3.63, 3.8) is 0 Å². The number of hydrogen-bond acceptors (Lipinski definition) is 8. The summed E-state index contributed by atoms with van der Waals surface area (Å²) in [4.78, 5) is 0. The SMILES string of the molecule is C[n+]1c2cc(N)ccc2cc2ccc(N)cc21.C[n+]1c2cc(N)ccc2cc2ccc(N)cc21.O=S(=O)([O-])[O-]. The fourth-order valence-electron chi connectivity index (χ4n) is 4.49. The van der Waals surface area contributed by atoms with Gasteiger partial charge in [-0.2, -0.15) is 9.13 Å². The van der Waals surface area contributed by atoms with Gasteiger partial charge >= 0.3 is 0 Å². The summed E-state index contributed by atoms with van der Waals surface area (Å²) in [6.07, 6.45) is 0. The molecule has 0 aliphatic rings. The van der Waals surface area contributed by atoms with E-state index in [0.717, 1.165) is 44.8 Å². The van der Waals surface area contributed by atoms with Gasteiger partial charge in [0.15, 0.2) is 0 Å². The zero-order valence-corrected chi connectivity index (χ0v) is 22.1. The minimum Gasteiger partial charge on any atom is -0.759 e. The van der Waals surface area contributed by atoms with Crippen LogP contribution in [0.2, 0.25) is 0 Å². The molecule has 0 amide bonds. The monoisotopic (exact) mass is 544 g/mol.